The molecule has 19 heavy (non-hydrogen) atoms. The summed E-state index contributed by atoms with van der Waals surface area (Å²) in [7, 11) is 1.67. The lowest BCUT2D eigenvalue weighted by atomic mass is 9.83. The molecule has 0 unspecified atom stereocenters. The van der Waals surface area contributed by atoms with E-state index in [1.54, 1.807) is 7.11 Å². The van der Waals surface area contributed by atoms with Crippen LogP contribution < -0.4 is 4.74 Å². The van der Waals surface area contributed by atoms with Crippen LogP contribution in [0.15, 0.2) is 24.8 Å². The number of hydrogen-bond donors (Lipinski definition) is 0. The first kappa shape index (κ1) is 15.5. The molecule has 0 aromatic heterocycles. The Kier molecular flexibility index (Phi) is 6.34. The molecule has 0 saturated heterocycles. The topological polar surface area (TPSA) is 26.3 Å². The van der Waals surface area contributed by atoms with Crippen molar-refractivity contribution in [3.05, 3.63) is 35.9 Å². The first-order chi connectivity index (χ1) is 9.24. The summed E-state index contributed by atoms with van der Waals surface area (Å²) in [6, 6.07) is 6.22. The molecule has 1 aliphatic carbocycles. The SMILES string of the molecule is C=Cc1cc(C2CCC(=O)CC2)ccc1OC.CC. The zero-order chi connectivity index (χ0) is 14.3. The van der Waals surface area contributed by atoms with Gasteiger partial charge in [-0.2, -0.15) is 0 Å². The van der Waals surface area contributed by atoms with Gasteiger partial charge < -0.3 is 4.74 Å². The van der Waals surface area contributed by atoms with E-state index < -0.39 is 0 Å². The molecule has 2 heteroatoms. The van der Waals surface area contributed by atoms with Crippen LogP contribution >= 0.6 is 0 Å². The first-order valence-corrected chi connectivity index (χ1v) is 7.06. The van der Waals surface area contributed by atoms with E-state index in [-0.39, 0.29) is 0 Å². The summed E-state index contributed by atoms with van der Waals surface area (Å²) >= 11 is 0. The first-order valence-electron chi connectivity index (χ1n) is 7.06. The molecule has 0 amide bonds. The van der Waals surface area contributed by atoms with Crippen molar-refractivity contribution >= 4 is 11.9 Å². The molecular weight excluding hydrogens is 236 g/mol. The van der Waals surface area contributed by atoms with E-state index >= 15 is 0 Å². The van der Waals surface area contributed by atoms with Crippen LogP contribution in [0, 0.1) is 0 Å². The predicted molar refractivity (Wildman–Crippen MR) is 80.6 cm³/mol. The number of carbonyl (C=O) groups is 1. The van der Waals surface area contributed by atoms with Gasteiger partial charge in [0.1, 0.15) is 11.5 Å². The van der Waals surface area contributed by atoms with Crippen molar-refractivity contribution in [3.63, 3.8) is 0 Å². The molecule has 1 saturated carbocycles. The normalized spacial score (nSPS) is 15.4. The van der Waals surface area contributed by atoms with Gasteiger partial charge in [-0.15, -0.1) is 0 Å². The lowest BCUT2D eigenvalue weighted by molar-refractivity contribution is -0.120. The van der Waals surface area contributed by atoms with Crippen LogP contribution in [0.2, 0.25) is 0 Å². The Morgan fingerprint density at radius 3 is 2.42 bits per heavy atom. The number of rotatable bonds is 3. The predicted octanol–water partition coefficient (Wildman–Crippen LogP) is 4.59. The van der Waals surface area contributed by atoms with Crippen LogP contribution in [0.25, 0.3) is 6.08 Å². The van der Waals surface area contributed by atoms with Crippen molar-refractivity contribution in [1.82, 2.24) is 0 Å². The molecule has 0 atom stereocenters. The van der Waals surface area contributed by atoms with Crippen molar-refractivity contribution in [3.8, 4) is 5.75 Å². The fourth-order valence-corrected chi connectivity index (χ4v) is 2.44. The van der Waals surface area contributed by atoms with E-state index in [4.69, 9.17) is 4.74 Å². The highest BCUT2D eigenvalue weighted by molar-refractivity contribution is 5.79. The molecule has 1 aliphatic rings. The molecule has 0 spiro atoms. The third-order valence-corrected chi connectivity index (χ3v) is 3.49. The number of hydrogen-bond acceptors (Lipinski definition) is 2. The Morgan fingerprint density at radius 1 is 1.26 bits per heavy atom. The molecule has 0 N–H and O–H groups in total. The molecule has 0 heterocycles. The van der Waals surface area contributed by atoms with Gasteiger partial charge in [-0.3, -0.25) is 4.79 Å². The fraction of sp³-hybridized carbons (Fsp3) is 0.471. The van der Waals surface area contributed by atoms with Gasteiger partial charge in [0.25, 0.3) is 0 Å². The summed E-state index contributed by atoms with van der Waals surface area (Å²) in [5.41, 5.74) is 2.33. The minimum Gasteiger partial charge on any atom is -0.496 e. The second-order valence-electron chi connectivity index (χ2n) is 4.52. The standard InChI is InChI=1S/C15H18O2.C2H6/c1-3-11-10-13(6-9-15(11)17-2)12-4-7-14(16)8-5-12;1-2/h3,6,9-10,12H,1,4-5,7-8H2,2H3;1-2H3. The summed E-state index contributed by atoms with van der Waals surface area (Å²) in [6.07, 6.45) is 5.21. The summed E-state index contributed by atoms with van der Waals surface area (Å²) in [5, 5.41) is 0. The summed E-state index contributed by atoms with van der Waals surface area (Å²) in [5.74, 6) is 1.77. The third kappa shape index (κ3) is 3.95. The molecule has 2 nitrogen and oxygen atoms in total. The Labute approximate surface area is 116 Å². The molecule has 1 aromatic carbocycles. The van der Waals surface area contributed by atoms with E-state index in [1.807, 2.05) is 26.0 Å². The number of carbonyl (C=O) groups excluding carboxylic acids is 1. The van der Waals surface area contributed by atoms with E-state index in [0.29, 0.717) is 11.7 Å². The Hall–Kier alpha value is -1.57. The van der Waals surface area contributed by atoms with E-state index in [2.05, 4.69) is 18.7 Å². The van der Waals surface area contributed by atoms with Crippen LogP contribution in [0.3, 0.4) is 0 Å². The van der Waals surface area contributed by atoms with E-state index in [1.165, 1.54) is 5.56 Å². The maximum absolute atomic E-state index is 11.2. The van der Waals surface area contributed by atoms with Gasteiger partial charge >= 0.3 is 0 Å². The minimum absolute atomic E-state index is 0.402. The summed E-state index contributed by atoms with van der Waals surface area (Å²) in [6.45, 7) is 7.80. The lowest BCUT2D eigenvalue weighted by Crippen LogP contribution is -2.12. The van der Waals surface area contributed by atoms with E-state index in [0.717, 1.165) is 37.0 Å². The quantitative estimate of drug-likeness (QED) is 0.794. The highest BCUT2D eigenvalue weighted by atomic mass is 16.5. The Morgan fingerprint density at radius 2 is 1.89 bits per heavy atom. The number of Topliss-reactive ketones (excluding diaryl/α,β-unsaturated/α-hetero) is 1. The largest absolute Gasteiger partial charge is 0.496 e. The second-order valence-corrected chi connectivity index (χ2v) is 4.52. The fourth-order valence-electron chi connectivity index (χ4n) is 2.44. The number of ketones is 1. The van der Waals surface area contributed by atoms with Crippen LogP contribution in [-0.4, -0.2) is 12.9 Å². The number of methoxy groups -OCH3 is 1. The molecule has 0 aliphatic heterocycles. The van der Waals surface area contributed by atoms with E-state index in [9.17, 15) is 4.79 Å². The molecule has 104 valence electrons. The second kappa shape index (κ2) is 7.78. The molecule has 0 radical (unpaired) electrons. The average molecular weight is 260 g/mol. The van der Waals surface area contributed by atoms with Crippen molar-refractivity contribution in [2.75, 3.05) is 7.11 Å². The van der Waals surface area contributed by atoms with Crippen LogP contribution in [-0.2, 0) is 4.79 Å². The Balaban J connectivity index is 0.000000861. The molecule has 1 fully saturated rings. The van der Waals surface area contributed by atoms with Gasteiger partial charge in [-0.05, 0) is 36.5 Å². The minimum atomic E-state index is 0.402. The number of benzene rings is 1. The van der Waals surface area contributed by atoms with Crippen molar-refractivity contribution in [1.29, 1.82) is 0 Å². The van der Waals surface area contributed by atoms with Crippen LogP contribution in [0.5, 0.6) is 5.75 Å². The summed E-state index contributed by atoms with van der Waals surface area (Å²) < 4.78 is 5.27. The maximum atomic E-state index is 11.2. The maximum Gasteiger partial charge on any atom is 0.132 e. The van der Waals surface area contributed by atoms with Crippen LogP contribution in [0.4, 0.5) is 0 Å². The van der Waals surface area contributed by atoms with Crippen molar-refractivity contribution in [2.24, 2.45) is 0 Å². The lowest BCUT2D eigenvalue weighted by Gasteiger charge is -2.22. The summed E-state index contributed by atoms with van der Waals surface area (Å²) in [4.78, 5) is 11.2. The highest BCUT2D eigenvalue weighted by Gasteiger charge is 2.20. The molecular formula is C17H24O2. The molecule has 1 aromatic rings. The van der Waals surface area contributed by atoms with Gasteiger partial charge in [0, 0.05) is 18.4 Å². The van der Waals surface area contributed by atoms with Gasteiger partial charge in [0.2, 0.25) is 0 Å². The molecule has 2 rings (SSSR count). The monoisotopic (exact) mass is 260 g/mol. The Bertz CT molecular complexity index is 425. The highest BCUT2D eigenvalue weighted by Crippen LogP contribution is 2.33. The zero-order valence-electron chi connectivity index (χ0n) is 12.2. The number of ether oxygens (including phenoxy) is 1. The molecule has 0 bridgehead atoms. The third-order valence-electron chi connectivity index (χ3n) is 3.49. The smallest absolute Gasteiger partial charge is 0.132 e. The average Bonchev–Trinajstić information content (AvgIpc) is 2.49. The zero-order valence-corrected chi connectivity index (χ0v) is 12.2. The van der Waals surface area contributed by atoms with Crippen molar-refractivity contribution < 1.29 is 9.53 Å². The van der Waals surface area contributed by atoms with Crippen LogP contribution in [0.1, 0.15) is 56.6 Å². The van der Waals surface area contributed by atoms with Gasteiger partial charge in [-0.1, -0.05) is 32.6 Å². The van der Waals surface area contributed by atoms with Crippen molar-refractivity contribution in [2.45, 2.75) is 45.4 Å². The van der Waals surface area contributed by atoms with Gasteiger partial charge in [0.05, 0.1) is 7.11 Å². The van der Waals surface area contributed by atoms with Gasteiger partial charge in [-0.25, -0.2) is 0 Å². The van der Waals surface area contributed by atoms with Gasteiger partial charge in [0.15, 0.2) is 0 Å².